The summed E-state index contributed by atoms with van der Waals surface area (Å²) in [5.41, 5.74) is 3.14. The van der Waals surface area contributed by atoms with E-state index in [0.29, 0.717) is 5.82 Å². The Morgan fingerprint density at radius 2 is 1.90 bits per heavy atom. The minimum atomic E-state index is -0.980. The van der Waals surface area contributed by atoms with Crippen LogP contribution >= 0.6 is 0 Å². The van der Waals surface area contributed by atoms with E-state index in [1.807, 2.05) is 32.0 Å². The van der Waals surface area contributed by atoms with E-state index in [-0.39, 0.29) is 18.9 Å². The van der Waals surface area contributed by atoms with Crippen molar-refractivity contribution in [3.05, 3.63) is 47.2 Å². The smallest absolute Gasteiger partial charge is 0.325 e. The van der Waals surface area contributed by atoms with Gasteiger partial charge in [0.2, 0.25) is 5.91 Å². The zero-order chi connectivity index (χ0) is 15.4. The van der Waals surface area contributed by atoms with E-state index >= 15 is 0 Å². The molecule has 6 heteroatoms. The first-order valence-corrected chi connectivity index (χ1v) is 6.56. The van der Waals surface area contributed by atoms with Crippen molar-refractivity contribution < 1.29 is 14.7 Å². The van der Waals surface area contributed by atoms with Gasteiger partial charge in [0, 0.05) is 12.3 Å². The molecule has 0 unspecified atom stereocenters. The Labute approximate surface area is 122 Å². The predicted octanol–water partition coefficient (Wildman–Crippen LogP) is 1.77. The van der Waals surface area contributed by atoms with Gasteiger partial charge in [-0.25, -0.2) is 0 Å². The van der Waals surface area contributed by atoms with E-state index in [1.54, 1.807) is 6.07 Å². The first-order valence-electron chi connectivity index (χ1n) is 6.56. The molecule has 0 aliphatic heterocycles. The number of nitrogens with one attached hydrogen (secondary N) is 1. The molecule has 0 radical (unpaired) electrons. The Bertz CT molecular complexity index is 656. The first kappa shape index (κ1) is 14.8. The van der Waals surface area contributed by atoms with Crippen molar-refractivity contribution in [1.29, 1.82) is 0 Å². The average Bonchev–Trinajstić information content (AvgIpc) is 2.80. The maximum absolute atomic E-state index is 12.0. The second kappa shape index (κ2) is 6.21. The molecule has 1 heterocycles. The van der Waals surface area contributed by atoms with Gasteiger partial charge >= 0.3 is 5.97 Å². The van der Waals surface area contributed by atoms with Gasteiger partial charge in [-0.1, -0.05) is 18.2 Å². The van der Waals surface area contributed by atoms with Gasteiger partial charge < -0.3 is 10.4 Å². The number of hydrogen-bond acceptors (Lipinski definition) is 3. The fourth-order valence-corrected chi connectivity index (χ4v) is 2.13. The van der Waals surface area contributed by atoms with Crippen LogP contribution in [0.2, 0.25) is 0 Å². The molecule has 2 N–H and O–H groups in total. The Morgan fingerprint density at radius 3 is 2.52 bits per heavy atom. The number of rotatable bonds is 5. The molecule has 0 saturated carbocycles. The topological polar surface area (TPSA) is 84.2 Å². The number of aromatic nitrogens is 2. The van der Waals surface area contributed by atoms with E-state index < -0.39 is 5.97 Å². The lowest BCUT2D eigenvalue weighted by Gasteiger charge is -2.09. The number of nitrogens with zero attached hydrogens (tertiary/aromatic N) is 2. The van der Waals surface area contributed by atoms with E-state index in [4.69, 9.17) is 5.11 Å². The normalized spacial score (nSPS) is 10.4. The number of anilines is 1. The molecule has 0 aliphatic rings. The van der Waals surface area contributed by atoms with E-state index in [2.05, 4.69) is 10.4 Å². The number of carboxylic acids is 1. The van der Waals surface area contributed by atoms with Crippen molar-refractivity contribution in [2.45, 2.75) is 26.8 Å². The van der Waals surface area contributed by atoms with Crippen LogP contribution in [0.3, 0.4) is 0 Å². The number of aliphatic carboxylic acids is 1. The molecular weight excluding hydrogens is 270 g/mol. The number of amides is 1. The highest BCUT2D eigenvalue weighted by molar-refractivity contribution is 5.91. The molecular formula is C15H17N3O3. The second-order valence-corrected chi connectivity index (χ2v) is 4.89. The molecule has 1 amide bonds. The van der Waals surface area contributed by atoms with E-state index in [0.717, 1.165) is 16.7 Å². The molecule has 0 spiro atoms. The molecule has 0 aliphatic carbocycles. The molecule has 0 fully saturated rings. The molecule has 2 rings (SSSR count). The predicted molar refractivity (Wildman–Crippen MR) is 78.1 cm³/mol. The fourth-order valence-electron chi connectivity index (χ4n) is 2.13. The second-order valence-electron chi connectivity index (χ2n) is 4.89. The van der Waals surface area contributed by atoms with Crippen LogP contribution in [0.5, 0.6) is 0 Å². The Morgan fingerprint density at radius 1 is 1.24 bits per heavy atom. The summed E-state index contributed by atoms with van der Waals surface area (Å²) in [7, 11) is 0. The third-order valence-electron chi connectivity index (χ3n) is 3.19. The van der Waals surface area contributed by atoms with Gasteiger partial charge in [0.25, 0.3) is 0 Å². The summed E-state index contributed by atoms with van der Waals surface area (Å²) in [4.78, 5) is 22.6. The average molecular weight is 287 g/mol. The number of hydrogen-bond donors (Lipinski definition) is 2. The van der Waals surface area contributed by atoms with Crippen LogP contribution in [0.25, 0.3) is 0 Å². The summed E-state index contributed by atoms with van der Waals surface area (Å²) < 4.78 is 1.26. The monoisotopic (exact) mass is 287 g/mol. The van der Waals surface area contributed by atoms with E-state index in [9.17, 15) is 9.59 Å². The van der Waals surface area contributed by atoms with Gasteiger partial charge in [0.1, 0.15) is 6.54 Å². The number of carbonyl (C=O) groups is 2. The van der Waals surface area contributed by atoms with E-state index in [1.165, 1.54) is 10.9 Å². The van der Waals surface area contributed by atoms with Gasteiger partial charge in [0.05, 0.1) is 6.42 Å². The number of carbonyl (C=O) groups excluding carboxylic acids is 1. The Hall–Kier alpha value is -2.63. The largest absolute Gasteiger partial charge is 0.480 e. The number of aryl methyl sites for hydroxylation is 2. The lowest BCUT2D eigenvalue weighted by molar-refractivity contribution is -0.137. The third kappa shape index (κ3) is 3.92. The van der Waals surface area contributed by atoms with Gasteiger partial charge in [-0.15, -0.1) is 0 Å². The van der Waals surface area contributed by atoms with Crippen LogP contribution < -0.4 is 5.32 Å². The minimum Gasteiger partial charge on any atom is -0.480 e. The van der Waals surface area contributed by atoms with Crippen molar-refractivity contribution in [1.82, 2.24) is 9.78 Å². The van der Waals surface area contributed by atoms with Crippen molar-refractivity contribution in [2.75, 3.05) is 5.32 Å². The van der Waals surface area contributed by atoms with Crippen LogP contribution in [0.1, 0.15) is 16.7 Å². The molecule has 6 nitrogen and oxygen atoms in total. The van der Waals surface area contributed by atoms with Gasteiger partial charge in [-0.05, 0) is 30.5 Å². The SMILES string of the molecule is Cc1cccc(C)c1CC(=O)Nc1ccn(CC(=O)O)n1. The maximum Gasteiger partial charge on any atom is 0.325 e. The van der Waals surface area contributed by atoms with Gasteiger partial charge in [0.15, 0.2) is 5.82 Å². The summed E-state index contributed by atoms with van der Waals surface area (Å²) in [6.07, 6.45) is 1.78. The highest BCUT2D eigenvalue weighted by atomic mass is 16.4. The van der Waals surface area contributed by atoms with Crippen LogP contribution in [0.15, 0.2) is 30.5 Å². The minimum absolute atomic E-state index is 0.173. The van der Waals surface area contributed by atoms with Crippen molar-refractivity contribution in [2.24, 2.45) is 0 Å². The molecule has 1 aromatic carbocycles. The fraction of sp³-hybridized carbons (Fsp3) is 0.267. The summed E-state index contributed by atoms with van der Waals surface area (Å²) >= 11 is 0. The zero-order valence-electron chi connectivity index (χ0n) is 12.0. The van der Waals surface area contributed by atoms with Crippen molar-refractivity contribution in [3.8, 4) is 0 Å². The van der Waals surface area contributed by atoms with Gasteiger partial charge in [-0.3, -0.25) is 14.3 Å². The number of carboxylic acid groups (broad SMARTS) is 1. The zero-order valence-corrected chi connectivity index (χ0v) is 12.0. The molecule has 2 aromatic rings. The Kier molecular flexibility index (Phi) is 4.37. The van der Waals surface area contributed by atoms with Crippen molar-refractivity contribution in [3.63, 3.8) is 0 Å². The highest BCUT2D eigenvalue weighted by Gasteiger charge is 2.10. The van der Waals surface area contributed by atoms with Crippen molar-refractivity contribution >= 4 is 17.7 Å². The summed E-state index contributed by atoms with van der Waals surface area (Å²) in [5, 5.41) is 15.3. The summed E-state index contributed by atoms with van der Waals surface area (Å²) in [6.45, 7) is 3.71. The third-order valence-corrected chi connectivity index (χ3v) is 3.19. The Balaban J connectivity index is 2.02. The van der Waals surface area contributed by atoms with Crippen LogP contribution in [-0.4, -0.2) is 26.8 Å². The molecule has 1 aromatic heterocycles. The highest BCUT2D eigenvalue weighted by Crippen LogP contribution is 2.14. The summed E-state index contributed by atoms with van der Waals surface area (Å²) in [5.74, 6) is -0.799. The summed E-state index contributed by atoms with van der Waals surface area (Å²) in [6, 6.07) is 7.47. The lowest BCUT2D eigenvalue weighted by Crippen LogP contribution is -2.17. The lowest BCUT2D eigenvalue weighted by atomic mass is 10.00. The van der Waals surface area contributed by atoms with Crippen LogP contribution in [0.4, 0.5) is 5.82 Å². The molecule has 21 heavy (non-hydrogen) atoms. The number of benzene rings is 1. The van der Waals surface area contributed by atoms with Gasteiger partial charge in [-0.2, -0.15) is 5.10 Å². The van der Waals surface area contributed by atoms with Crippen LogP contribution in [-0.2, 0) is 22.6 Å². The maximum atomic E-state index is 12.0. The quantitative estimate of drug-likeness (QED) is 0.877. The molecule has 0 saturated heterocycles. The molecule has 0 atom stereocenters. The molecule has 110 valence electrons. The molecule has 0 bridgehead atoms. The first-order chi connectivity index (χ1) is 9.95. The van der Waals surface area contributed by atoms with Crippen LogP contribution in [0, 0.1) is 13.8 Å². The standard InChI is InChI=1S/C15H17N3O3/c1-10-4-3-5-11(2)12(10)8-14(19)16-13-6-7-18(17-13)9-15(20)21/h3-7H,8-9H2,1-2H3,(H,20,21)(H,16,17,19).